The summed E-state index contributed by atoms with van der Waals surface area (Å²) < 4.78 is 18.3. The molecule has 1 saturated heterocycles. The number of nitrogens with one attached hydrogen (secondary N) is 2. The van der Waals surface area contributed by atoms with Crippen molar-refractivity contribution in [3.8, 4) is 11.3 Å². The fourth-order valence-corrected chi connectivity index (χ4v) is 4.00. The average Bonchev–Trinajstić information content (AvgIpc) is 3.49. The molecule has 1 aromatic carbocycles. The normalized spacial score (nSPS) is 15.2. The van der Waals surface area contributed by atoms with E-state index in [9.17, 15) is 14.0 Å². The van der Waals surface area contributed by atoms with Crippen molar-refractivity contribution in [3.63, 3.8) is 0 Å². The molecule has 1 aliphatic heterocycles. The minimum atomic E-state index is -0.296. The average molecular weight is 454 g/mol. The van der Waals surface area contributed by atoms with Crippen LogP contribution in [0.2, 0.25) is 0 Å². The van der Waals surface area contributed by atoms with Gasteiger partial charge in [-0.2, -0.15) is 0 Å². The second-order valence-electron chi connectivity index (χ2n) is 8.53. The Balaban J connectivity index is 1.35. The van der Waals surface area contributed by atoms with Gasteiger partial charge >= 0.3 is 0 Å². The molecule has 2 N–H and O–H groups in total. The van der Waals surface area contributed by atoms with Crippen LogP contribution in [0.1, 0.15) is 54.7 Å². The number of nitrogens with zero attached hydrogens (tertiary/aromatic N) is 3. The van der Waals surface area contributed by atoms with Gasteiger partial charge in [0, 0.05) is 19.5 Å². The first-order chi connectivity index (χ1) is 16.0. The number of Topliss-reactive ketones (excluding diaryl/α,β-unsaturated/α-hetero) is 1. The number of aromatic nitrogens is 3. The van der Waals surface area contributed by atoms with Gasteiger partial charge < -0.3 is 19.6 Å². The molecule has 3 heterocycles. The summed E-state index contributed by atoms with van der Waals surface area (Å²) in [6.07, 6.45) is 7.99. The van der Waals surface area contributed by atoms with Crippen LogP contribution in [0.15, 0.2) is 47.3 Å². The van der Waals surface area contributed by atoms with Crippen LogP contribution >= 0.6 is 0 Å². The van der Waals surface area contributed by atoms with Crippen molar-refractivity contribution in [2.24, 2.45) is 5.92 Å². The number of ketones is 1. The second kappa shape index (κ2) is 10.5. The van der Waals surface area contributed by atoms with Crippen LogP contribution in [-0.2, 0) is 4.79 Å². The lowest BCUT2D eigenvalue weighted by Crippen LogP contribution is -2.52. The number of oxazole rings is 1. The molecule has 1 aliphatic rings. The Kier molecular flexibility index (Phi) is 7.29. The Morgan fingerprint density at radius 2 is 2.00 bits per heavy atom. The molecule has 4 rings (SSSR count). The Labute approximate surface area is 191 Å². The van der Waals surface area contributed by atoms with Crippen LogP contribution in [0, 0.1) is 11.7 Å². The van der Waals surface area contributed by atoms with Gasteiger partial charge in [0.25, 0.3) is 5.89 Å². The SMILES string of the molecule is CN1CC(C(=O)N[C@@H](CCCCCC(=O)c2ncco2)c2ncc(-c3ccc(F)cc3)[nH]2)C1. The number of amides is 1. The number of rotatable bonds is 11. The summed E-state index contributed by atoms with van der Waals surface area (Å²) in [6, 6.07) is 5.92. The van der Waals surface area contributed by atoms with Gasteiger partial charge in [0.2, 0.25) is 11.7 Å². The summed E-state index contributed by atoms with van der Waals surface area (Å²) in [5.41, 5.74) is 1.59. The third kappa shape index (κ3) is 5.92. The van der Waals surface area contributed by atoms with Gasteiger partial charge in [-0.3, -0.25) is 9.59 Å². The Morgan fingerprint density at radius 1 is 1.21 bits per heavy atom. The van der Waals surface area contributed by atoms with Crippen molar-refractivity contribution in [1.82, 2.24) is 25.2 Å². The van der Waals surface area contributed by atoms with Crippen molar-refractivity contribution < 1.29 is 18.4 Å². The number of imidazole rings is 1. The fraction of sp³-hybridized carbons (Fsp3) is 0.417. The summed E-state index contributed by atoms with van der Waals surface area (Å²) >= 11 is 0. The maximum absolute atomic E-state index is 13.2. The number of likely N-dealkylation sites (tertiary alicyclic amines) is 1. The number of aromatic amines is 1. The van der Waals surface area contributed by atoms with E-state index in [1.54, 1.807) is 18.3 Å². The number of halogens is 1. The molecule has 8 nitrogen and oxygen atoms in total. The van der Waals surface area contributed by atoms with E-state index >= 15 is 0 Å². The third-order valence-electron chi connectivity index (χ3n) is 5.90. The molecule has 0 unspecified atom stereocenters. The van der Waals surface area contributed by atoms with Crippen LogP contribution in [-0.4, -0.2) is 51.7 Å². The van der Waals surface area contributed by atoms with E-state index in [1.807, 2.05) is 7.05 Å². The van der Waals surface area contributed by atoms with E-state index in [0.29, 0.717) is 25.1 Å². The highest BCUT2D eigenvalue weighted by molar-refractivity contribution is 5.91. The predicted molar refractivity (Wildman–Crippen MR) is 120 cm³/mol. The highest BCUT2D eigenvalue weighted by atomic mass is 19.1. The van der Waals surface area contributed by atoms with Crippen molar-refractivity contribution >= 4 is 11.7 Å². The van der Waals surface area contributed by atoms with Gasteiger partial charge in [-0.15, -0.1) is 0 Å². The van der Waals surface area contributed by atoms with E-state index in [-0.39, 0.29) is 35.4 Å². The molecule has 0 spiro atoms. The van der Waals surface area contributed by atoms with Crippen molar-refractivity contribution in [2.45, 2.75) is 38.1 Å². The van der Waals surface area contributed by atoms with Crippen molar-refractivity contribution in [3.05, 3.63) is 60.5 Å². The van der Waals surface area contributed by atoms with E-state index in [2.05, 4.69) is 25.2 Å². The minimum Gasteiger partial charge on any atom is -0.442 e. The summed E-state index contributed by atoms with van der Waals surface area (Å²) in [6.45, 7) is 1.50. The summed E-state index contributed by atoms with van der Waals surface area (Å²) in [5, 5.41) is 3.14. The smallest absolute Gasteiger partial charge is 0.263 e. The zero-order valence-electron chi connectivity index (χ0n) is 18.6. The van der Waals surface area contributed by atoms with Crippen LogP contribution in [0.5, 0.6) is 0 Å². The molecule has 33 heavy (non-hydrogen) atoms. The zero-order valence-corrected chi connectivity index (χ0v) is 18.6. The highest BCUT2D eigenvalue weighted by Gasteiger charge is 2.31. The lowest BCUT2D eigenvalue weighted by molar-refractivity contribution is -0.130. The Morgan fingerprint density at radius 3 is 2.70 bits per heavy atom. The number of hydrogen-bond acceptors (Lipinski definition) is 6. The first-order valence-corrected chi connectivity index (χ1v) is 11.2. The van der Waals surface area contributed by atoms with Gasteiger partial charge in [-0.05, 0) is 49.7 Å². The first kappa shape index (κ1) is 22.8. The molecule has 3 aromatic rings. The molecule has 0 aliphatic carbocycles. The summed E-state index contributed by atoms with van der Waals surface area (Å²) in [5.74, 6) is 0.435. The molecular formula is C24H28FN5O3. The van der Waals surface area contributed by atoms with Crippen molar-refractivity contribution in [2.75, 3.05) is 20.1 Å². The molecular weight excluding hydrogens is 425 g/mol. The number of benzene rings is 1. The minimum absolute atomic E-state index is 0.0116. The van der Waals surface area contributed by atoms with Crippen molar-refractivity contribution in [1.29, 1.82) is 0 Å². The highest BCUT2D eigenvalue weighted by Crippen LogP contribution is 2.24. The third-order valence-corrected chi connectivity index (χ3v) is 5.90. The predicted octanol–water partition coefficient (Wildman–Crippen LogP) is 3.76. The number of H-pyrrole nitrogens is 1. The van der Waals surface area contributed by atoms with E-state index in [1.165, 1.54) is 24.6 Å². The molecule has 0 bridgehead atoms. The molecule has 1 atom stereocenters. The van der Waals surface area contributed by atoms with E-state index in [0.717, 1.165) is 37.2 Å². The summed E-state index contributed by atoms with van der Waals surface area (Å²) in [7, 11) is 1.99. The van der Waals surface area contributed by atoms with Gasteiger partial charge in [-0.25, -0.2) is 14.4 Å². The second-order valence-corrected chi connectivity index (χ2v) is 8.53. The molecule has 1 amide bonds. The van der Waals surface area contributed by atoms with E-state index < -0.39 is 0 Å². The molecule has 9 heteroatoms. The molecule has 0 radical (unpaired) electrons. The van der Waals surface area contributed by atoms with Crippen LogP contribution < -0.4 is 5.32 Å². The van der Waals surface area contributed by atoms with Gasteiger partial charge in [-0.1, -0.05) is 12.8 Å². The Hall–Kier alpha value is -3.33. The number of carbonyl (C=O) groups excluding carboxylic acids is 2. The quantitative estimate of drug-likeness (QED) is 0.338. The molecule has 1 fully saturated rings. The molecule has 174 valence electrons. The topological polar surface area (TPSA) is 104 Å². The van der Waals surface area contributed by atoms with Crippen LogP contribution in [0.4, 0.5) is 4.39 Å². The number of carbonyl (C=O) groups is 2. The lowest BCUT2D eigenvalue weighted by atomic mass is 9.98. The van der Waals surface area contributed by atoms with Gasteiger partial charge in [0.1, 0.15) is 17.9 Å². The van der Waals surface area contributed by atoms with Crippen LogP contribution in [0.3, 0.4) is 0 Å². The maximum atomic E-state index is 13.2. The Bertz CT molecular complexity index is 1060. The van der Waals surface area contributed by atoms with Crippen LogP contribution in [0.25, 0.3) is 11.3 Å². The summed E-state index contributed by atoms with van der Waals surface area (Å²) in [4.78, 5) is 38.5. The molecule has 0 saturated carbocycles. The monoisotopic (exact) mass is 453 g/mol. The largest absolute Gasteiger partial charge is 0.442 e. The van der Waals surface area contributed by atoms with E-state index in [4.69, 9.17) is 4.42 Å². The zero-order chi connectivity index (χ0) is 23.2. The number of unbranched alkanes of at least 4 members (excludes halogenated alkanes) is 2. The van der Waals surface area contributed by atoms with Gasteiger partial charge in [0.15, 0.2) is 0 Å². The maximum Gasteiger partial charge on any atom is 0.263 e. The van der Waals surface area contributed by atoms with Gasteiger partial charge in [0.05, 0.1) is 30.0 Å². The number of hydrogen-bond donors (Lipinski definition) is 2. The fourth-order valence-electron chi connectivity index (χ4n) is 4.00. The standard InChI is InChI=1S/C24H28FN5O3/c1-30-14-17(15-30)23(32)29-19(5-3-2-4-6-21(31)24-26-11-12-33-24)22-27-13-20(28-22)16-7-9-18(25)10-8-16/h7-13,17,19H,2-6,14-15H2,1H3,(H,27,28)(H,29,32)/t19-/m0/s1. The first-order valence-electron chi connectivity index (χ1n) is 11.2. The molecule has 2 aromatic heterocycles. The lowest BCUT2D eigenvalue weighted by Gasteiger charge is -2.35.